The fourth-order valence-electron chi connectivity index (χ4n) is 1.41. The molecule has 1 rings (SSSR count). The van der Waals surface area contributed by atoms with E-state index in [0.29, 0.717) is 11.3 Å². The maximum atomic E-state index is 12.2. The number of benzene rings is 1. The molecule has 0 aliphatic rings. The number of nitrogens with two attached hydrogens (primary N) is 1. The number of ether oxygens (including phenoxy) is 2. The van der Waals surface area contributed by atoms with Crippen LogP contribution in [0.1, 0.15) is 18.5 Å². The van der Waals surface area contributed by atoms with E-state index in [1.165, 1.54) is 13.2 Å². The average molecular weight is 279 g/mol. The first-order valence-electron chi connectivity index (χ1n) is 5.56. The van der Waals surface area contributed by atoms with E-state index in [1.807, 2.05) is 0 Å². The van der Waals surface area contributed by atoms with Crippen LogP contribution in [0.25, 0.3) is 0 Å². The molecule has 7 heteroatoms. The number of halogens is 3. The first-order valence-corrected chi connectivity index (χ1v) is 5.56. The highest BCUT2D eigenvalue weighted by atomic mass is 19.4. The fraction of sp³-hybridized carbons (Fsp3) is 0.500. The largest absolute Gasteiger partial charge is 0.497 e. The lowest BCUT2D eigenvalue weighted by molar-refractivity contribution is -0.210. The van der Waals surface area contributed by atoms with Crippen molar-refractivity contribution in [1.29, 1.82) is 0 Å². The van der Waals surface area contributed by atoms with Crippen LogP contribution in [-0.4, -0.2) is 31.1 Å². The van der Waals surface area contributed by atoms with E-state index >= 15 is 0 Å². The lowest BCUT2D eigenvalue weighted by atomic mass is 10.1. The smallest absolute Gasteiger partial charge is 0.417 e. The minimum Gasteiger partial charge on any atom is -0.497 e. The average Bonchev–Trinajstić information content (AvgIpc) is 2.33. The Bertz CT molecular complexity index is 421. The zero-order valence-corrected chi connectivity index (χ0v) is 10.6. The summed E-state index contributed by atoms with van der Waals surface area (Å²) in [7, 11) is 1.43. The maximum absolute atomic E-state index is 12.2. The van der Waals surface area contributed by atoms with Crippen LogP contribution in [0.3, 0.4) is 0 Å². The maximum Gasteiger partial charge on any atom is 0.417 e. The Labute approximate surface area is 108 Å². The molecular formula is C12H16F3NO3. The van der Waals surface area contributed by atoms with Crippen LogP contribution in [0.4, 0.5) is 13.2 Å². The van der Waals surface area contributed by atoms with Crippen molar-refractivity contribution in [2.45, 2.75) is 25.2 Å². The molecule has 0 spiro atoms. The number of hydrogen-bond acceptors (Lipinski definition) is 4. The summed E-state index contributed by atoms with van der Waals surface area (Å²) in [5.41, 5.74) is 6.23. The molecule has 0 bridgehead atoms. The molecule has 108 valence electrons. The van der Waals surface area contributed by atoms with E-state index < -0.39 is 24.9 Å². The quantitative estimate of drug-likeness (QED) is 0.865. The Kier molecular flexibility index (Phi) is 5.02. The molecule has 2 atom stereocenters. The lowest BCUT2D eigenvalue weighted by Crippen LogP contribution is -2.34. The number of aliphatic hydroxyl groups is 1. The molecule has 1 aromatic rings. The van der Waals surface area contributed by atoms with E-state index in [9.17, 15) is 13.2 Å². The van der Waals surface area contributed by atoms with Crippen molar-refractivity contribution >= 4 is 0 Å². The van der Waals surface area contributed by atoms with Crippen molar-refractivity contribution in [3.05, 3.63) is 23.8 Å². The number of methoxy groups -OCH3 is 1. The van der Waals surface area contributed by atoms with Gasteiger partial charge in [-0.05, 0) is 13.0 Å². The molecule has 0 fully saturated rings. The van der Waals surface area contributed by atoms with Gasteiger partial charge < -0.3 is 20.3 Å². The van der Waals surface area contributed by atoms with Gasteiger partial charge in [0.25, 0.3) is 0 Å². The van der Waals surface area contributed by atoms with Crippen LogP contribution < -0.4 is 15.2 Å². The van der Waals surface area contributed by atoms with Crippen LogP contribution in [-0.2, 0) is 0 Å². The molecule has 2 unspecified atom stereocenters. The molecule has 4 nitrogen and oxygen atoms in total. The SMILES string of the molecule is COc1ccc(C(C)N)c(OCC(O)C(F)(F)F)c1. The molecule has 0 saturated carbocycles. The second-order valence-corrected chi connectivity index (χ2v) is 4.06. The Balaban J connectivity index is 2.86. The second-order valence-electron chi connectivity index (χ2n) is 4.06. The summed E-state index contributed by atoms with van der Waals surface area (Å²) < 4.78 is 46.5. The Morgan fingerprint density at radius 2 is 2.00 bits per heavy atom. The van der Waals surface area contributed by atoms with Crippen molar-refractivity contribution in [1.82, 2.24) is 0 Å². The van der Waals surface area contributed by atoms with Gasteiger partial charge in [-0.1, -0.05) is 6.07 Å². The lowest BCUT2D eigenvalue weighted by Gasteiger charge is -2.18. The summed E-state index contributed by atoms with van der Waals surface area (Å²) in [5, 5.41) is 8.89. The molecular weight excluding hydrogens is 263 g/mol. The predicted octanol–water partition coefficient (Wildman–Crippen LogP) is 2.02. The van der Waals surface area contributed by atoms with Crippen LogP contribution in [0.2, 0.25) is 0 Å². The number of hydrogen-bond donors (Lipinski definition) is 2. The summed E-state index contributed by atoms with van der Waals surface area (Å²) in [6.07, 6.45) is -7.26. The van der Waals surface area contributed by atoms with Crippen LogP contribution in [0.15, 0.2) is 18.2 Å². The van der Waals surface area contributed by atoms with Gasteiger partial charge in [0.15, 0.2) is 6.10 Å². The van der Waals surface area contributed by atoms with E-state index in [4.69, 9.17) is 20.3 Å². The molecule has 0 aromatic heterocycles. The standard InChI is InChI=1S/C12H16F3NO3/c1-7(16)9-4-3-8(18-2)5-10(9)19-6-11(17)12(13,14)15/h3-5,7,11,17H,6,16H2,1-2H3. The topological polar surface area (TPSA) is 64.7 Å². The minimum absolute atomic E-state index is 0.164. The van der Waals surface area contributed by atoms with Crippen molar-refractivity contribution in [2.75, 3.05) is 13.7 Å². The van der Waals surface area contributed by atoms with Gasteiger partial charge in [-0.25, -0.2) is 0 Å². The molecule has 19 heavy (non-hydrogen) atoms. The van der Waals surface area contributed by atoms with Gasteiger partial charge in [0, 0.05) is 17.7 Å². The van der Waals surface area contributed by atoms with E-state index in [-0.39, 0.29) is 5.75 Å². The van der Waals surface area contributed by atoms with Gasteiger partial charge in [0.1, 0.15) is 18.1 Å². The van der Waals surface area contributed by atoms with Crippen molar-refractivity contribution in [3.8, 4) is 11.5 Å². The third-order valence-corrected chi connectivity index (χ3v) is 2.49. The third-order valence-electron chi connectivity index (χ3n) is 2.49. The second kappa shape index (κ2) is 6.12. The van der Waals surface area contributed by atoms with E-state index in [0.717, 1.165) is 0 Å². The van der Waals surface area contributed by atoms with Crippen molar-refractivity contribution in [2.24, 2.45) is 5.73 Å². The van der Waals surface area contributed by atoms with Gasteiger partial charge in [-0.15, -0.1) is 0 Å². The molecule has 3 N–H and O–H groups in total. The van der Waals surface area contributed by atoms with Gasteiger partial charge in [-0.3, -0.25) is 0 Å². The van der Waals surface area contributed by atoms with Gasteiger partial charge >= 0.3 is 6.18 Å². The van der Waals surface area contributed by atoms with Crippen LogP contribution in [0.5, 0.6) is 11.5 Å². The summed E-state index contributed by atoms with van der Waals surface area (Å²) in [6.45, 7) is 0.783. The van der Waals surface area contributed by atoms with E-state index in [2.05, 4.69) is 0 Å². The summed E-state index contributed by atoms with van der Waals surface area (Å²) in [4.78, 5) is 0. The highest BCUT2D eigenvalue weighted by molar-refractivity contribution is 5.42. The summed E-state index contributed by atoms with van der Waals surface area (Å²) in [5.74, 6) is 0.596. The Hall–Kier alpha value is -1.47. The van der Waals surface area contributed by atoms with E-state index in [1.54, 1.807) is 19.1 Å². The molecule has 0 heterocycles. The van der Waals surface area contributed by atoms with Gasteiger partial charge in [0.05, 0.1) is 7.11 Å². The van der Waals surface area contributed by atoms with Crippen LogP contribution in [0, 0.1) is 0 Å². The number of alkyl halides is 3. The highest BCUT2D eigenvalue weighted by Gasteiger charge is 2.38. The normalized spacial score (nSPS) is 14.9. The zero-order chi connectivity index (χ0) is 14.6. The van der Waals surface area contributed by atoms with Crippen LogP contribution >= 0.6 is 0 Å². The Morgan fingerprint density at radius 3 is 2.47 bits per heavy atom. The molecule has 0 aliphatic heterocycles. The van der Waals surface area contributed by atoms with Gasteiger partial charge in [-0.2, -0.15) is 13.2 Å². The number of rotatable bonds is 5. The first kappa shape index (κ1) is 15.6. The number of aliphatic hydroxyl groups excluding tert-OH is 1. The first-order chi connectivity index (χ1) is 8.75. The highest BCUT2D eigenvalue weighted by Crippen LogP contribution is 2.29. The Morgan fingerprint density at radius 1 is 1.37 bits per heavy atom. The molecule has 1 aromatic carbocycles. The fourth-order valence-corrected chi connectivity index (χ4v) is 1.41. The van der Waals surface area contributed by atoms with Gasteiger partial charge in [0.2, 0.25) is 0 Å². The molecule has 0 radical (unpaired) electrons. The molecule has 0 saturated heterocycles. The summed E-state index contributed by atoms with van der Waals surface area (Å²) in [6, 6.07) is 4.26. The van der Waals surface area contributed by atoms with Crippen molar-refractivity contribution < 1.29 is 27.8 Å². The molecule has 0 aliphatic carbocycles. The molecule has 0 amide bonds. The zero-order valence-electron chi connectivity index (χ0n) is 10.6. The predicted molar refractivity (Wildman–Crippen MR) is 63.2 cm³/mol. The minimum atomic E-state index is -4.71. The third kappa shape index (κ3) is 4.29. The monoisotopic (exact) mass is 279 g/mol. The summed E-state index contributed by atoms with van der Waals surface area (Å²) >= 11 is 0. The van der Waals surface area contributed by atoms with Crippen molar-refractivity contribution in [3.63, 3.8) is 0 Å².